The first-order valence-electron chi connectivity index (χ1n) is 8.62. The SMILES string of the molecule is CCC1CCCC(CN)(C2(O)CCc3ccccc3C2)C1. The van der Waals surface area contributed by atoms with E-state index in [0.717, 1.165) is 38.0 Å². The second-order valence-corrected chi connectivity index (χ2v) is 7.33. The summed E-state index contributed by atoms with van der Waals surface area (Å²) in [5.74, 6) is 0.739. The van der Waals surface area contributed by atoms with E-state index in [1.807, 2.05) is 0 Å². The molecule has 0 spiro atoms. The Morgan fingerprint density at radius 2 is 2.00 bits per heavy atom. The standard InChI is InChI=1S/C19H29NO/c1-2-15-6-5-10-18(12-15,14-20)19(21)11-9-16-7-3-4-8-17(16)13-19/h3-4,7-8,15,21H,2,5-6,9-14,20H2,1H3. The molecule has 0 amide bonds. The van der Waals surface area contributed by atoms with Crippen LogP contribution in [0.4, 0.5) is 0 Å². The lowest BCUT2D eigenvalue weighted by Gasteiger charge is -2.53. The van der Waals surface area contributed by atoms with Gasteiger partial charge in [-0.1, -0.05) is 50.5 Å². The molecule has 0 bridgehead atoms. The van der Waals surface area contributed by atoms with Crippen molar-refractivity contribution in [3.8, 4) is 0 Å². The molecule has 1 aromatic carbocycles. The topological polar surface area (TPSA) is 46.2 Å². The minimum Gasteiger partial charge on any atom is -0.389 e. The number of aliphatic hydroxyl groups is 1. The van der Waals surface area contributed by atoms with E-state index in [1.54, 1.807) is 0 Å². The molecule has 2 nitrogen and oxygen atoms in total. The van der Waals surface area contributed by atoms with Gasteiger partial charge in [0.25, 0.3) is 0 Å². The van der Waals surface area contributed by atoms with Gasteiger partial charge in [-0.2, -0.15) is 0 Å². The summed E-state index contributed by atoms with van der Waals surface area (Å²) in [5.41, 5.74) is 8.30. The van der Waals surface area contributed by atoms with Crippen LogP contribution < -0.4 is 5.73 Å². The minimum absolute atomic E-state index is 0.0700. The fourth-order valence-electron chi connectivity index (χ4n) is 4.80. The summed E-state index contributed by atoms with van der Waals surface area (Å²) in [6.07, 6.45) is 8.61. The normalized spacial score (nSPS) is 36.2. The van der Waals surface area contributed by atoms with Gasteiger partial charge in [0, 0.05) is 18.4 Å². The summed E-state index contributed by atoms with van der Waals surface area (Å²) in [6, 6.07) is 8.59. The Labute approximate surface area is 128 Å². The third-order valence-electron chi connectivity index (χ3n) is 6.31. The van der Waals surface area contributed by atoms with Crippen molar-refractivity contribution >= 4 is 0 Å². The van der Waals surface area contributed by atoms with Gasteiger partial charge in [-0.05, 0) is 42.7 Å². The summed E-state index contributed by atoms with van der Waals surface area (Å²) >= 11 is 0. The monoisotopic (exact) mass is 287 g/mol. The zero-order chi connectivity index (χ0) is 14.9. The molecule has 0 aromatic heterocycles. The molecule has 0 aliphatic heterocycles. The maximum atomic E-state index is 11.5. The van der Waals surface area contributed by atoms with Crippen LogP contribution in [0.5, 0.6) is 0 Å². The molecule has 0 radical (unpaired) electrons. The van der Waals surface area contributed by atoms with E-state index in [2.05, 4.69) is 31.2 Å². The summed E-state index contributed by atoms with van der Waals surface area (Å²) in [4.78, 5) is 0. The second kappa shape index (κ2) is 5.73. The minimum atomic E-state index is -0.607. The van der Waals surface area contributed by atoms with Crippen molar-refractivity contribution in [2.24, 2.45) is 17.1 Å². The van der Waals surface area contributed by atoms with E-state index < -0.39 is 5.60 Å². The molecule has 2 aliphatic rings. The van der Waals surface area contributed by atoms with Gasteiger partial charge < -0.3 is 10.8 Å². The zero-order valence-corrected chi connectivity index (χ0v) is 13.3. The van der Waals surface area contributed by atoms with Crippen molar-refractivity contribution in [1.82, 2.24) is 0 Å². The highest BCUT2D eigenvalue weighted by Gasteiger charge is 2.52. The molecule has 3 unspecified atom stereocenters. The number of hydrogen-bond acceptors (Lipinski definition) is 2. The molecular formula is C19H29NO. The Morgan fingerprint density at radius 1 is 1.24 bits per heavy atom. The number of aryl methyl sites for hydroxylation is 1. The first-order valence-corrected chi connectivity index (χ1v) is 8.62. The average molecular weight is 287 g/mol. The first kappa shape index (κ1) is 15.1. The maximum absolute atomic E-state index is 11.5. The van der Waals surface area contributed by atoms with Crippen LogP contribution in [0.15, 0.2) is 24.3 Å². The Morgan fingerprint density at radius 3 is 2.71 bits per heavy atom. The fourth-order valence-corrected chi connectivity index (χ4v) is 4.80. The van der Waals surface area contributed by atoms with E-state index in [9.17, 15) is 5.11 Å². The summed E-state index contributed by atoms with van der Waals surface area (Å²) in [5, 5.41) is 11.5. The van der Waals surface area contributed by atoms with E-state index in [0.29, 0.717) is 6.54 Å². The largest absolute Gasteiger partial charge is 0.389 e. The van der Waals surface area contributed by atoms with Crippen molar-refractivity contribution in [1.29, 1.82) is 0 Å². The van der Waals surface area contributed by atoms with E-state index >= 15 is 0 Å². The lowest BCUT2D eigenvalue weighted by Crippen LogP contribution is -2.57. The van der Waals surface area contributed by atoms with Crippen LogP contribution in [0.2, 0.25) is 0 Å². The van der Waals surface area contributed by atoms with Crippen LogP contribution in [-0.2, 0) is 12.8 Å². The van der Waals surface area contributed by atoms with Crippen LogP contribution in [0.1, 0.15) is 56.6 Å². The van der Waals surface area contributed by atoms with Crippen LogP contribution in [0.25, 0.3) is 0 Å². The molecule has 0 saturated heterocycles. The Bertz CT molecular complexity index is 500. The van der Waals surface area contributed by atoms with Crippen LogP contribution in [-0.4, -0.2) is 17.3 Å². The molecule has 21 heavy (non-hydrogen) atoms. The molecule has 116 valence electrons. The average Bonchev–Trinajstić information content (AvgIpc) is 2.54. The lowest BCUT2D eigenvalue weighted by molar-refractivity contribution is -0.117. The van der Waals surface area contributed by atoms with Gasteiger partial charge in [0.05, 0.1) is 5.60 Å². The molecule has 2 heteroatoms. The van der Waals surface area contributed by atoms with Gasteiger partial charge in [-0.3, -0.25) is 0 Å². The van der Waals surface area contributed by atoms with Gasteiger partial charge in [-0.15, -0.1) is 0 Å². The smallest absolute Gasteiger partial charge is 0.0759 e. The van der Waals surface area contributed by atoms with Crippen molar-refractivity contribution in [2.45, 2.75) is 63.9 Å². The van der Waals surface area contributed by atoms with Gasteiger partial charge >= 0.3 is 0 Å². The van der Waals surface area contributed by atoms with Crippen LogP contribution in [0.3, 0.4) is 0 Å². The molecule has 1 saturated carbocycles. The highest BCUT2D eigenvalue weighted by Crippen LogP contribution is 2.51. The molecule has 1 aromatic rings. The van der Waals surface area contributed by atoms with E-state index in [1.165, 1.54) is 30.4 Å². The molecule has 3 N–H and O–H groups in total. The van der Waals surface area contributed by atoms with Crippen molar-refractivity contribution in [2.75, 3.05) is 6.54 Å². The Kier molecular flexibility index (Phi) is 4.11. The first-order chi connectivity index (χ1) is 10.1. The number of fused-ring (bicyclic) bond motifs is 1. The van der Waals surface area contributed by atoms with Gasteiger partial charge in [-0.25, -0.2) is 0 Å². The van der Waals surface area contributed by atoms with E-state index in [-0.39, 0.29) is 5.41 Å². The van der Waals surface area contributed by atoms with Crippen molar-refractivity contribution in [3.05, 3.63) is 35.4 Å². The molecule has 1 fully saturated rings. The van der Waals surface area contributed by atoms with Crippen molar-refractivity contribution < 1.29 is 5.11 Å². The summed E-state index contributed by atoms with van der Waals surface area (Å²) in [6.45, 7) is 2.90. The van der Waals surface area contributed by atoms with Crippen LogP contribution in [0, 0.1) is 11.3 Å². The molecule has 0 heterocycles. The third-order valence-corrected chi connectivity index (χ3v) is 6.31. The highest BCUT2D eigenvalue weighted by molar-refractivity contribution is 5.32. The fraction of sp³-hybridized carbons (Fsp3) is 0.684. The molecular weight excluding hydrogens is 258 g/mol. The zero-order valence-electron chi connectivity index (χ0n) is 13.3. The predicted octanol–water partition coefficient (Wildman–Crippen LogP) is 3.45. The van der Waals surface area contributed by atoms with Gasteiger partial charge in [0.15, 0.2) is 0 Å². The summed E-state index contributed by atoms with van der Waals surface area (Å²) < 4.78 is 0. The lowest BCUT2D eigenvalue weighted by atomic mass is 9.56. The number of rotatable bonds is 3. The van der Waals surface area contributed by atoms with Crippen LogP contribution >= 0.6 is 0 Å². The number of nitrogens with two attached hydrogens (primary N) is 1. The van der Waals surface area contributed by atoms with Crippen molar-refractivity contribution in [3.63, 3.8) is 0 Å². The third kappa shape index (κ3) is 2.53. The quantitative estimate of drug-likeness (QED) is 0.894. The molecule has 2 aliphatic carbocycles. The molecule has 3 atom stereocenters. The Hall–Kier alpha value is -0.860. The highest BCUT2D eigenvalue weighted by atomic mass is 16.3. The predicted molar refractivity (Wildman–Crippen MR) is 87.2 cm³/mol. The Balaban J connectivity index is 1.90. The molecule has 3 rings (SSSR count). The number of hydrogen-bond donors (Lipinski definition) is 2. The summed E-state index contributed by atoms with van der Waals surface area (Å²) in [7, 11) is 0. The van der Waals surface area contributed by atoms with Gasteiger partial charge in [0.2, 0.25) is 0 Å². The number of benzene rings is 1. The van der Waals surface area contributed by atoms with E-state index in [4.69, 9.17) is 5.73 Å². The maximum Gasteiger partial charge on any atom is 0.0759 e. The second-order valence-electron chi connectivity index (χ2n) is 7.33. The van der Waals surface area contributed by atoms with Gasteiger partial charge in [0.1, 0.15) is 0 Å².